The van der Waals surface area contributed by atoms with E-state index < -0.39 is 20.7 Å². The molecule has 0 fully saturated rings. The first-order valence-electron chi connectivity index (χ1n) is 5.63. The van der Waals surface area contributed by atoms with E-state index >= 15 is 0 Å². The molecule has 1 aliphatic rings. The predicted octanol–water partition coefficient (Wildman–Crippen LogP) is -5.39. The zero-order chi connectivity index (χ0) is 16.5. The van der Waals surface area contributed by atoms with E-state index in [-0.39, 0.29) is 119 Å². The summed E-state index contributed by atoms with van der Waals surface area (Å²) < 4.78 is 58.2. The van der Waals surface area contributed by atoms with Crippen LogP contribution in [-0.4, -0.2) is 31.4 Å². The zero-order valence-corrected chi connectivity index (χ0v) is 20.5. The van der Waals surface area contributed by atoms with Crippen LogP contribution in [0.1, 0.15) is 15.9 Å². The van der Waals surface area contributed by atoms with Gasteiger partial charge in [-0.1, -0.05) is 11.6 Å². The van der Waals surface area contributed by atoms with Crippen LogP contribution in [0.15, 0.2) is 41.3 Å². The molecule has 1 aliphatic carbocycles. The fourth-order valence-electron chi connectivity index (χ4n) is 2.10. The molecule has 0 saturated carbocycles. The molecule has 0 heterocycles. The van der Waals surface area contributed by atoms with Crippen LogP contribution in [-0.2, 0) is 20.7 Å². The predicted molar refractivity (Wildman–Crippen MR) is 71.8 cm³/mol. The molecule has 0 amide bonds. The van der Waals surface area contributed by atoms with E-state index in [1.807, 2.05) is 0 Å². The maximum atomic E-state index is 12.1. The molecular weight excluding hydrogens is 410 g/mol. The monoisotopic (exact) mass is 416 g/mol. The summed E-state index contributed by atoms with van der Waals surface area (Å²) in [5, 5.41) is 0. The maximum Gasteiger partial charge on any atom is 1.00 e. The van der Waals surface area contributed by atoms with Gasteiger partial charge in [-0.05, 0) is 17.7 Å². The summed E-state index contributed by atoms with van der Waals surface area (Å²) in [7, 11) is -7.66. The Bertz CT molecular complexity index is 977. The van der Waals surface area contributed by atoms with E-state index in [1.165, 1.54) is 12.1 Å². The van der Waals surface area contributed by atoms with Gasteiger partial charge in [-0.2, -0.15) is 24.3 Å². The SMILES string of the molecule is O=C1c2c[c-]ccc2-c2ccc(S(=O)(=O)[O-])cc21.O=S(=O)=O.[K+].[K+]. The van der Waals surface area contributed by atoms with Gasteiger partial charge in [0.1, 0.15) is 15.9 Å². The minimum atomic E-state index is -4.55. The number of hydrogen-bond donors (Lipinski definition) is 0. The van der Waals surface area contributed by atoms with Crippen LogP contribution in [0.3, 0.4) is 0 Å². The third-order valence-electron chi connectivity index (χ3n) is 2.92. The van der Waals surface area contributed by atoms with Gasteiger partial charge in [0.2, 0.25) is 0 Å². The van der Waals surface area contributed by atoms with Gasteiger partial charge in [0.05, 0.1) is 4.90 Å². The Kier molecular flexibility index (Phi) is 10.7. The normalized spacial score (nSPS) is 11.0. The molecule has 114 valence electrons. The zero-order valence-electron chi connectivity index (χ0n) is 12.6. The molecule has 0 aromatic heterocycles. The van der Waals surface area contributed by atoms with Crippen molar-refractivity contribution in [2.24, 2.45) is 0 Å². The van der Waals surface area contributed by atoms with Crippen LogP contribution < -0.4 is 103 Å². The number of carbonyl (C=O) groups is 1. The second-order valence-electron chi connectivity index (χ2n) is 4.17. The Labute approximate surface area is 224 Å². The minimum Gasteiger partial charge on any atom is -0.744 e. The average molecular weight is 417 g/mol. The molecule has 2 aromatic rings. The number of hydrogen-bond acceptors (Lipinski definition) is 7. The molecule has 3 rings (SSSR count). The summed E-state index contributed by atoms with van der Waals surface area (Å²) in [6.07, 6.45) is 0. The summed E-state index contributed by atoms with van der Waals surface area (Å²) in [6.45, 7) is 0. The van der Waals surface area contributed by atoms with Gasteiger partial charge in [0.15, 0.2) is 0 Å². The molecule has 0 saturated heterocycles. The van der Waals surface area contributed by atoms with Crippen LogP contribution in [0.2, 0.25) is 0 Å². The van der Waals surface area contributed by atoms with E-state index in [1.54, 1.807) is 18.2 Å². The first-order valence-corrected chi connectivity index (χ1v) is 8.04. The summed E-state index contributed by atoms with van der Waals surface area (Å²) in [6, 6.07) is 11.6. The summed E-state index contributed by atoms with van der Waals surface area (Å²) in [4.78, 5) is 11.7. The van der Waals surface area contributed by atoms with Crippen molar-refractivity contribution in [3.63, 3.8) is 0 Å². The fraction of sp³-hybridized carbons (Fsp3) is 0. The summed E-state index contributed by atoms with van der Waals surface area (Å²) in [5.74, 6) is -0.276. The van der Waals surface area contributed by atoms with Gasteiger partial charge in [-0.15, -0.1) is 18.2 Å². The van der Waals surface area contributed by atoms with Crippen molar-refractivity contribution in [1.82, 2.24) is 0 Å². The molecule has 2 aromatic carbocycles. The van der Waals surface area contributed by atoms with Gasteiger partial charge in [0.25, 0.3) is 0 Å². The van der Waals surface area contributed by atoms with Crippen LogP contribution in [0.5, 0.6) is 0 Å². The molecular formula is C13H6K2O7S2. The molecule has 7 nitrogen and oxygen atoms in total. The summed E-state index contributed by atoms with van der Waals surface area (Å²) in [5.41, 5.74) is 2.12. The van der Waals surface area contributed by atoms with Crippen molar-refractivity contribution in [3.8, 4) is 11.1 Å². The third-order valence-corrected chi connectivity index (χ3v) is 3.75. The molecule has 11 heteroatoms. The molecule has 0 bridgehead atoms. The van der Waals surface area contributed by atoms with Crippen molar-refractivity contribution in [2.75, 3.05) is 0 Å². The second kappa shape index (κ2) is 10.3. The van der Waals surface area contributed by atoms with E-state index in [0.717, 1.165) is 11.6 Å². The number of rotatable bonds is 1. The Balaban J connectivity index is 0.000000801. The minimum absolute atomic E-state index is 0. The van der Waals surface area contributed by atoms with Crippen LogP contribution in [0, 0.1) is 6.07 Å². The Morgan fingerprint density at radius 1 is 0.917 bits per heavy atom. The van der Waals surface area contributed by atoms with E-state index in [2.05, 4.69) is 6.07 Å². The number of ketones is 1. The number of fused-ring (bicyclic) bond motifs is 3. The van der Waals surface area contributed by atoms with E-state index in [0.29, 0.717) is 11.1 Å². The topological polar surface area (TPSA) is 125 Å². The van der Waals surface area contributed by atoms with Crippen LogP contribution in [0.4, 0.5) is 0 Å². The first kappa shape index (κ1) is 24.9. The molecule has 0 atom stereocenters. The van der Waals surface area contributed by atoms with E-state index in [4.69, 9.17) is 12.6 Å². The Morgan fingerprint density at radius 2 is 1.46 bits per heavy atom. The van der Waals surface area contributed by atoms with Crippen molar-refractivity contribution in [2.45, 2.75) is 4.90 Å². The van der Waals surface area contributed by atoms with Crippen molar-refractivity contribution >= 4 is 26.5 Å². The fourth-order valence-corrected chi connectivity index (χ4v) is 2.60. The Hall–Kier alpha value is 0.913. The molecule has 0 aliphatic heterocycles. The smallest absolute Gasteiger partial charge is 0.744 e. The average Bonchev–Trinajstić information content (AvgIpc) is 2.71. The van der Waals surface area contributed by atoms with Crippen molar-refractivity contribution in [3.05, 3.63) is 53.6 Å². The summed E-state index contributed by atoms with van der Waals surface area (Å²) >= 11 is 0. The number of carbonyl (C=O) groups excluding carboxylic acids is 1. The maximum absolute atomic E-state index is 12.1. The van der Waals surface area contributed by atoms with Crippen LogP contribution >= 0.6 is 0 Å². The van der Waals surface area contributed by atoms with Gasteiger partial charge in [-0.25, -0.2) is 8.42 Å². The molecule has 0 radical (unpaired) electrons. The largest absolute Gasteiger partial charge is 1.00 e. The van der Waals surface area contributed by atoms with Gasteiger partial charge < -0.3 is 9.35 Å². The van der Waals surface area contributed by atoms with Gasteiger partial charge in [0, 0.05) is 5.56 Å². The third kappa shape index (κ3) is 5.97. The number of benzene rings is 2. The van der Waals surface area contributed by atoms with Crippen LogP contribution in [0.25, 0.3) is 11.1 Å². The Morgan fingerprint density at radius 3 is 2.00 bits per heavy atom. The molecule has 24 heavy (non-hydrogen) atoms. The quantitative estimate of drug-likeness (QED) is 0.220. The molecule has 0 spiro atoms. The van der Waals surface area contributed by atoms with Gasteiger partial charge in [-0.3, -0.25) is 0 Å². The van der Waals surface area contributed by atoms with E-state index in [9.17, 15) is 17.8 Å². The van der Waals surface area contributed by atoms with Gasteiger partial charge >= 0.3 is 113 Å². The molecule has 0 N–H and O–H groups in total. The first-order chi connectivity index (χ1) is 10.2. The van der Waals surface area contributed by atoms with Crippen molar-refractivity contribution in [1.29, 1.82) is 0 Å². The van der Waals surface area contributed by atoms with Crippen molar-refractivity contribution < 1.29 is 133 Å². The standard InChI is InChI=1S/C13H7O4S.2K.O3S/c14-13-11-4-2-1-3-9(11)10-6-5-8(7-12(10)13)18(15,16)17;;;1-4(2)3/h1,3-7H,(H,15,16,17);;;/q-1;2*+1;/p-1. The second-order valence-corrected chi connectivity index (χ2v) is 5.95. The molecule has 0 unspecified atom stereocenters.